The highest BCUT2D eigenvalue weighted by Crippen LogP contribution is 2.65. The number of hydrogen-bond acceptors (Lipinski definition) is 4. The van der Waals surface area contributed by atoms with Crippen LogP contribution in [0, 0.1) is 0 Å². The summed E-state index contributed by atoms with van der Waals surface area (Å²) in [5.41, 5.74) is 22.4. The maximum Gasteiger partial charge on any atom is 0.343 e. The third-order valence-corrected chi connectivity index (χ3v) is 18.6. The van der Waals surface area contributed by atoms with Gasteiger partial charge in [0.15, 0.2) is 0 Å². The van der Waals surface area contributed by atoms with Crippen LogP contribution >= 0.6 is 22.7 Å². The van der Waals surface area contributed by atoms with Gasteiger partial charge in [-0.1, -0.05) is 114 Å². The average Bonchev–Trinajstić information content (AvgIpc) is 3.94. The third kappa shape index (κ3) is 4.60. The molecule has 7 aromatic carbocycles. The van der Waals surface area contributed by atoms with Crippen LogP contribution in [0.25, 0.3) is 52.5 Å². The van der Waals surface area contributed by atoms with Gasteiger partial charge in [-0.15, -0.1) is 22.7 Å². The summed E-state index contributed by atoms with van der Waals surface area (Å²) in [4.78, 5) is 5.54. The predicted molar refractivity (Wildman–Crippen MR) is 273 cm³/mol. The summed E-state index contributed by atoms with van der Waals surface area (Å²) < 4.78 is 5.55. The number of unbranched alkanes of at least 4 members (excludes halogenated alkanes) is 1. The van der Waals surface area contributed by atoms with Gasteiger partial charge in [0, 0.05) is 63.1 Å². The number of hydrogen-bond donors (Lipinski definition) is 0. The average molecular weight is 849 g/mol. The van der Waals surface area contributed by atoms with Crippen LogP contribution in [0.2, 0.25) is 0 Å². The summed E-state index contributed by atoms with van der Waals surface area (Å²) in [6, 6.07) is 50.3. The van der Waals surface area contributed by atoms with Crippen LogP contribution in [-0.2, 0) is 22.7 Å². The Morgan fingerprint density at radius 1 is 0.556 bits per heavy atom. The highest BCUT2D eigenvalue weighted by molar-refractivity contribution is 7.32. The van der Waals surface area contributed by atoms with Crippen molar-refractivity contribution in [2.75, 3.05) is 9.71 Å². The van der Waals surface area contributed by atoms with Gasteiger partial charge in [0.2, 0.25) is 0 Å². The second-order valence-corrected chi connectivity index (χ2v) is 22.8. The molecule has 63 heavy (non-hydrogen) atoms. The first-order chi connectivity index (χ1) is 30.6. The van der Waals surface area contributed by atoms with Gasteiger partial charge in [-0.05, 0) is 154 Å². The Labute approximate surface area is 378 Å². The Hall–Kier alpha value is -5.62. The summed E-state index contributed by atoms with van der Waals surface area (Å²) in [6.45, 7) is 14.8. The molecule has 0 fully saturated rings. The molecule has 0 amide bonds. The van der Waals surface area contributed by atoms with Gasteiger partial charge in [-0.3, -0.25) is 0 Å². The Kier molecular flexibility index (Phi) is 7.21. The number of fused-ring (bicyclic) bond motifs is 17. The Morgan fingerprint density at radius 3 is 2.13 bits per heavy atom. The van der Waals surface area contributed by atoms with Crippen molar-refractivity contribution in [1.82, 2.24) is 0 Å². The molecule has 9 aromatic rings. The van der Waals surface area contributed by atoms with Crippen molar-refractivity contribution in [2.45, 2.75) is 89.9 Å². The number of benzene rings is 7. The van der Waals surface area contributed by atoms with Gasteiger partial charge >= 0.3 is 6.85 Å². The van der Waals surface area contributed by atoms with Crippen LogP contribution in [0.4, 0.5) is 28.4 Å². The fourth-order valence-electron chi connectivity index (χ4n) is 12.9. The fraction of sp³-hybridized carbons (Fsp3) is 0.241. The molecular formula is C58H49BN2S2. The largest absolute Gasteiger partial charge is 0.376 e. The van der Waals surface area contributed by atoms with Gasteiger partial charge in [0.25, 0.3) is 0 Å². The van der Waals surface area contributed by atoms with Crippen molar-refractivity contribution in [3.63, 3.8) is 0 Å². The van der Waals surface area contributed by atoms with E-state index in [-0.39, 0.29) is 23.1 Å². The predicted octanol–water partition coefficient (Wildman–Crippen LogP) is 15.3. The van der Waals surface area contributed by atoms with Crippen molar-refractivity contribution < 1.29 is 0 Å². The molecule has 3 aliphatic heterocycles. The van der Waals surface area contributed by atoms with Gasteiger partial charge in [0.1, 0.15) is 0 Å². The molecule has 1 unspecified atom stereocenters. The molecule has 0 bridgehead atoms. The number of nitrogens with zero attached hydrogens (tertiary/aromatic N) is 2. The first-order valence-corrected chi connectivity index (χ1v) is 24.9. The highest BCUT2D eigenvalue weighted by Gasteiger charge is 2.56. The summed E-state index contributed by atoms with van der Waals surface area (Å²) in [7, 11) is 0. The molecule has 0 saturated carbocycles. The van der Waals surface area contributed by atoms with Crippen LogP contribution in [-0.4, -0.2) is 6.85 Å². The Morgan fingerprint density at radius 2 is 1.30 bits per heavy atom. The molecule has 2 aliphatic carbocycles. The van der Waals surface area contributed by atoms with E-state index in [0.717, 1.165) is 6.42 Å². The number of para-hydroxylation sites is 1. The van der Waals surface area contributed by atoms with Crippen molar-refractivity contribution in [3.05, 3.63) is 161 Å². The molecule has 306 valence electrons. The molecule has 0 spiro atoms. The summed E-state index contributed by atoms with van der Waals surface area (Å²) in [5.74, 6) is 0. The van der Waals surface area contributed by atoms with E-state index in [2.05, 4.69) is 190 Å². The molecule has 0 saturated heterocycles. The van der Waals surface area contributed by atoms with Crippen LogP contribution in [0.5, 0.6) is 0 Å². The standard InChI is InChI=1S/C58H49BN2S2/c1-7-8-16-33-23-24-46-45(27-33)58(6)42-21-14-12-19-35(42)39-29-40-37-28-38-36-20-13-15-22-48(36)62-50(38)32-47(37)61(34-17-10-9-11-18-34)59-52(40)54(51(39)58)60(46)53-41-30-43-44(31-49(41)63-55(53)59)57(4,5)26-25-56(43,2)3/h9-15,17-24,27-32H,7-8,16,25-26H2,1-6H3. The number of thiophene rings is 2. The minimum Gasteiger partial charge on any atom is -0.376 e. The Balaban J connectivity index is 1.18. The third-order valence-electron chi connectivity index (χ3n) is 16.2. The topological polar surface area (TPSA) is 6.48 Å². The lowest BCUT2D eigenvalue weighted by Gasteiger charge is -2.50. The minimum atomic E-state index is -0.311. The molecule has 2 aromatic heterocycles. The molecule has 1 atom stereocenters. The van der Waals surface area contributed by atoms with Gasteiger partial charge in [-0.25, -0.2) is 0 Å². The summed E-state index contributed by atoms with van der Waals surface area (Å²) in [5, 5.41) is 4.10. The first-order valence-electron chi connectivity index (χ1n) is 23.2. The van der Waals surface area contributed by atoms with Gasteiger partial charge in [-0.2, -0.15) is 0 Å². The molecule has 5 heteroatoms. The van der Waals surface area contributed by atoms with E-state index in [1.807, 2.05) is 11.3 Å². The van der Waals surface area contributed by atoms with Crippen LogP contribution in [0.15, 0.2) is 127 Å². The van der Waals surface area contributed by atoms with Crippen LogP contribution < -0.4 is 20.0 Å². The summed E-state index contributed by atoms with van der Waals surface area (Å²) in [6.07, 6.45) is 5.90. The molecule has 5 heterocycles. The zero-order valence-corrected chi connectivity index (χ0v) is 38.6. The van der Waals surface area contributed by atoms with Crippen molar-refractivity contribution in [1.29, 1.82) is 0 Å². The number of aryl methyl sites for hydroxylation is 1. The van der Waals surface area contributed by atoms with E-state index in [0.29, 0.717) is 0 Å². The quantitative estimate of drug-likeness (QED) is 0.163. The van der Waals surface area contributed by atoms with Crippen LogP contribution in [0.1, 0.15) is 101 Å². The molecule has 5 aliphatic rings. The second-order valence-electron chi connectivity index (χ2n) is 20.6. The number of rotatable bonds is 4. The molecule has 2 nitrogen and oxygen atoms in total. The van der Waals surface area contributed by atoms with E-state index in [1.165, 1.54) is 150 Å². The van der Waals surface area contributed by atoms with Crippen molar-refractivity contribution in [2.24, 2.45) is 0 Å². The zero-order valence-electron chi connectivity index (χ0n) is 36.9. The molecule has 14 rings (SSSR count). The Bertz CT molecular complexity index is 3500. The van der Waals surface area contributed by atoms with E-state index >= 15 is 0 Å². The molecule has 0 N–H and O–H groups in total. The fourth-order valence-corrected chi connectivity index (χ4v) is 15.4. The zero-order chi connectivity index (χ0) is 42.3. The van der Waals surface area contributed by atoms with Gasteiger partial charge < -0.3 is 9.71 Å². The van der Waals surface area contributed by atoms with Crippen molar-refractivity contribution >= 4 is 98.5 Å². The summed E-state index contributed by atoms with van der Waals surface area (Å²) >= 11 is 3.99. The minimum absolute atomic E-state index is 0.0120. The van der Waals surface area contributed by atoms with E-state index in [1.54, 1.807) is 0 Å². The maximum atomic E-state index is 2.80. The van der Waals surface area contributed by atoms with E-state index in [9.17, 15) is 0 Å². The molecule has 0 radical (unpaired) electrons. The monoisotopic (exact) mass is 848 g/mol. The van der Waals surface area contributed by atoms with E-state index in [4.69, 9.17) is 0 Å². The highest BCUT2D eigenvalue weighted by atomic mass is 32.1. The SMILES string of the molecule is CCCCc1ccc2c(c1)C1(C)c3ccccc3-c3cc4c5c(c31)N2c1c(sc2cc3c(cc12)C(C)(C)CCC3(C)C)B5N(c1ccccc1)c1cc2sc3ccccc3c2cc1-4. The van der Waals surface area contributed by atoms with Crippen molar-refractivity contribution in [3.8, 4) is 22.3 Å². The first kappa shape index (κ1) is 36.8. The normalized spacial score (nSPS) is 18.9. The second kappa shape index (κ2) is 12.3. The molecular weight excluding hydrogens is 800 g/mol. The van der Waals surface area contributed by atoms with Gasteiger partial charge in [0.05, 0.1) is 11.4 Å². The lowest BCUT2D eigenvalue weighted by Crippen LogP contribution is -2.61. The van der Waals surface area contributed by atoms with E-state index < -0.39 is 0 Å². The smallest absolute Gasteiger partial charge is 0.343 e. The van der Waals surface area contributed by atoms with Crippen LogP contribution in [0.3, 0.4) is 0 Å². The number of anilines is 5. The lowest BCUT2D eigenvalue weighted by molar-refractivity contribution is 0.332. The maximum absolute atomic E-state index is 2.80. The lowest BCUT2D eigenvalue weighted by atomic mass is 9.45.